The maximum Gasteiger partial charge on any atom is 0.144 e. The van der Waals surface area contributed by atoms with Gasteiger partial charge in [-0.05, 0) is 53.5 Å². The first kappa shape index (κ1) is 12.9. The number of pyridine rings is 1. The van der Waals surface area contributed by atoms with Crippen LogP contribution >= 0.6 is 15.9 Å². The summed E-state index contributed by atoms with van der Waals surface area (Å²) in [5.41, 5.74) is 2.03. The molecule has 1 heterocycles. The molecule has 1 aromatic carbocycles. The van der Waals surface area contributed by atoms with E-state index in [1.165, 1.54) is 0 Å². The number of anilines is 2. The highest BCUT2D eigenvalue weighted by atomic mass is 79.9. The lowest BCUT2D eigenvalue weighted by atomic mass is 10.2. The first-order chi connectivity index (χ1) is 8.70. The number of nitrogens with zero attached hydrogens (tertiary/aromatic N) is 1. The molecule has 0 unspecified atom stereocenters. The van der Waals surface area contributed by atoms with Crippen molar-refractivity contribution < 1.29 is 4.74 Å². The fraction of sp³-hybridized carbons (Fsp3) is 0.214. The van der Waals surface area contributed by atoms with Crippen molar-refractivity contribution in [1.82, 2.24) is 4.98 Å². The molecule has 0 aliphatic rings. The molecule has 2 aromatic rings. The van der Waals surface area contributed by atoms with Crippen molar-refractivity contribution in [2.75, 3.05) is 11.9 Å². The van der Waals surface area contributed by atoms with Gasteiger partial charge in [0.1, 0.15) is 11.6 Å². The maximum atomic E-state index is 5.57. The summed E-state index contributed by atoms with van der Waals surface area (Å²) in [6, 6.07) is 9.85. The van der Waals surface area contributed by atoms with Crippen LogP contribution in [0.15, 0.2) is 41.0 Å². The van der Waals surface area contributed by atoms with Gasteiger partial charge in [0.15, 0.2) is 0 Å². The molecule has 0 saturated carbocycles. The highest BCUT2D eigenvalue weighted by molar-refractivity contribution is 9.10. The van der Waals surface area contributed by atoms with E-state index >= 15 is 0 Å². The molecule has 18 heavy (non-hydrogen) atoms. The van der Waals surface area contributed by atoms with E-state index in [2.05, 4.69) is 26.2 Å². The third kappa shape index (κ3) is 3.01. The molecule has 1 N–H and O–H groups in total. The molecular formula is C14H15BrN2O. The summed E-state index contributed by atoms with van der Waals surface area (Å²) in [6.45, 7) is 4.62. The molecule has 1 aromatic heterocycles. The molecule has 0 bridgehead atoms. The Morgan fingerprint density at radius 2 is 2.11 bits per heavy atom. The third-order valence-electron chi connectivity index (χ3n) is 2.42. The van der Waals surface area contributed by atoms with Gasteiger partial charge in [-0.2, -0.15) is 0 Å². The van der Waals surface area contributed by atoms with E-state index in [0.29, 0.717) is 6.61 Å². The minimum Gasteiger partial charge on any atom is -0.492 e. The number of para-hydroxylation sites is 2. The van der Waals surface area contributed by atoms with Crippen LogP contribution in [-0.4, -0.2) is 11.6 Å². The Morgan fingerprint density at radius 3 is 2.83 bits per heavy atom. The van der Waals surface area contributed by atoms with E-state index in [-0.39, 0.29) is 0 Å². The molecule has 0 fully saturated rings. The van der Waals surface area contributed by atoms with E-state index in [4.69, 9.17) is 4.74 Å². The number of benzene rings is 1. The van der Waals surface area contributed by atoms with E-state index in [1.54, 1.807) is 0 Å². The summed E-state index contributed by atoms with van der Waals surface area (Å²) in [5.74, 6) is 1.61. The summed E-state index contributed by atoms with van der Waals surface area (Å²) in [4.78, 5) is 4.36. The molecule has 0 aliphatic carbocycles. The number of ether oxygens (including phenoxy) is 1. The van der Waals surface area contributed by atoms with Crippen molar-refractivity contribution in [3.63, 3.8) is 0 Å². The van der Waals surface area contributed by atoms with Crippen molar-refractivity contribution in [2.45, 2.75) is 13.8 Å². The monoisotopic (exact) mass is 306 g/mol. The van der Waals surface area contributed by atoms with Crippen LogP contribution in [0.2, 0.25) is 0 Å². The van der Waals surface area contributed by atoms with Crippen LogP contribution in [0.25, 0.3) is 0 Å². The standard InChI is InChI=1S/C14H15BrN2O/c1-3-18-13-7-5-4-6-12(13)17-14-11(15)8-10(2)9-16-14/h4-9H,3H2,1-2H3,(H,16,17). The number of aryl methyl sites for hydroxylation is 1. The Balaban J connectivity index is 2.28. The van der Waals surface area contributed by atoms with Crippen LogP contribution in [0.1, 0.15) is 12.5 Å². The minimum atomic E-state index is 0.640. The molecule has 0 aliphatic heterocycles. The van der Waals surface area contributed by atoms with Gasteiger partial charge >= 0.3 is 0 Å². The Kier molecular flexibility index (Phi) is 4.20. The highest BCUT2D eigenvalue weighted by Crippen LogP contribution is 2.30. The van der Waals surface area contributed by atoms with E-state index < -0.39 is 0 Å². The Labute approximate surface area is 115 Å². The third-order valence-corrected chi connectivity index (χ3v) is 3.02. The molecule has 0 saturated heterocycles. The number of hydrogen-bond acceptors (Lipinski definition) is 3. The molecule has 0 spiro atoms. The lowest BCUT2D eigenvalue weighted by molar-refractivity contribution is 0.342. The zero-order chi connectivity index (χ0) is 13.0. The molecule has 0 atom stereocenters. The number of aromatic nitrogens is 1. The van der Waals surface area contributed by atoms with Crippen molar-refractivity contribution in [2.24, 2.45) is 0 Å². The summed E-state index contributed by atoms with van der Waals surface area (Å²) in [6.07, 6.45) is 1.83. The number of halogens is 1. The van der Waals surface area contributed by atoms with Crippen LogP contribution < -0.4 is 10.1 Å². The van der Waals surface area contributed by atoms with Gasteiger partial charge in [-0.25, -0.2) is 4.98 Å². The van der Waals surface area contributed by atoms with Crippen LogP contribution in [0, 0.1) is 6.92 Å². The number of nitrogens with one attached hydrogen (secondary N) is 1. The summed E-state index contributed by atoms with van der Waals surface area (Å²) >= 11 is 3.50. The molecule has 2 rings (SSSR count). The van der Waals surface area contributed by atoms with Crippen molar-refractivity contribution in [1.29, 1.82) is 0 Å². The summed E-state index contributed by atoms with van der Waals surface area (Å²) in [5, 5.41) is 3.27. The molecule has 0 radical (unpaired) electrons. The smallest absolute Gasteiger partial charge is 0.144 e. The van der Waals surface area contributed by atoms with E-state index in [1.807, 2.05) is 50.4 Å². The van der Waals surface area contributed by atoms with Gasteiger partial charge in [0.2, 0.25) is 0 Å². The van der Waals surface area contributed by atoms with Gasteiger partial charge < -0.3 is 10.1 Å². The molecule has 0 amide bonds. The number of rotatable bonds is 4. The maximum absolute atomic E-state index is 5.57. The topological polar surface area (TPSA) is 34.1 Å². The predicted octanol–water partition coefficient (Wildman–Crippen LogP) is 4.29. The SMILES string of the molecule is CCOc1ccccc1Nc1ncc(C)cc1Br. The van der Waals surface area contributed by atoms with Crippen LogP contribution in [0.5, 0.6) is 5.75 Å². The molecule has 4 heteroatoms. The van der Waals surface area contributed by atoms with Gasteiger partial charge in [0.25, 0.3) is 0 Å². The van der Waals surface area contributed by atoms with Gasteiger partial charge in [-0.1, -0.05) is 12.1 Å². The lowest BCUT2D eigenvalue weighted by Crippen LogP contribution is -1.99. The zero-order valence-electron chi connectivity index (χ0n) is 10.4. The second-order valence-corrected chi connectivity index (χ2v) is 4.75. The van der Waals surface area contributed by atoms with Crippen molar-refractivity contribution >= 4 is 27.4 Å². The number of hydrogen-bond donors (Lipinski definition) is 1. The quantitative estimate of drug-likeness (QED) is 0.914. The second kappa shape index (κ2) is 5.87. The van der Waals surface area contributed by atoms with Crippen molar-refractivity contribution in [3.8, 4) is 5.75 Å². The van der Waals surface area contributed by atoms with Gasteiger partial charge in [0, 0.05) is 6.20 Å². The van der Waals surface area contributed by atoms with Crippen molar-refractivity contribution in [3.05, 3.63) is 46.6 Å². The molecule has 3 nitrogen and oxygen atoms in total. The lowest BCUT2D eigenvalue weighted by Gasteiger charge is -2.12. The highest BCUT2D eigenvalue weighted by Gasteiger charge is 2.06. The first-order valence-electron chi connectivity index (χ1n) is 5.81. The predicted molar refractivity (Wildman–Crippen MR) is 77.6 cm³/mol. The molecular weight excluding hydrogens is 292 g/mol. The Hall–Kier alpha value is -1.55. The average Bonchev–Trinajstić information content (AvgIpc) is 2.35. The van der Waals surface area contributed by atoms with E-state index in [9.17, 15) is 0 Å². The summed E-state index contributed by atoms with van der Waals surface area (Å²) < 4.78 is 6.51. The van der Waals surface area contributed by atoms with Gasteiger partial charge in [0.05, 0.1) is 16.8 Å². The van der Waals surface area contributed by atoms with E-state index in [0.717, 1.165) is 27.3 Å². The second-order valence-electron chi connectivity index (χ2n) is 3.90. The molecule has 94 valence electrons. The first-order valence-corrected chi connectivity index (χ1v) is 6.61. The van der Waals surface area contributed by atoms with Gasteiger partial charge in [-0.3, -0.25) is 0 Å². The normalized spacial score (nSPS) is 10.2. The van der Waals surface area contributed by atoms with Gasteiger partial charge in [-0.15, -0.1) is 0 Å². The largest absolute Gasteiger partial charge is 0.492 e. The Morgan fingerprint density at radius 1 is 1.33 bits per heavy atom. The fourth-order valence-corrected chi connectivity index (χ4v) is 2.17. The average molecular weight is 307 g/mol. The van der Waals surface area contributed by atoms with Crippen LogP contribution in [0.3, 0.4) is 0 Å². The zero-order valence-corrected chi connectivity index (χ0v) is 12.0. The van der Waals surface area contributed by atoms with Crippen LogP contribution in [0.4, 0.5) is 11.5 Å². The fourth-order valence-electron chi connectivity index (χ4n) is 1.60. The summed E-state index contributed by atoms with van der Waals surface area (Å²) in [7, 11) is 0. The minimum absolute atomic E-state index is 0.640. The Bertz CT molecular complexity index is 543. The van der Waals surface area contributed by atoms with Crippen LogP contribution in [-0.2, 0) is 0 Å².